The molecule has 0 atom stereocenters. The average molecular weight is 467 g/mol. The Morgan fingerprint density at radius 1 is 0.967 bits per heavy atom. The van der Waals surface area contributed by atoms with Crippen molar-refractivity contribution in [1.82, 2.24) is 4.72 Å². The summed E-state index contributed by atoms with van der Waals surface area (Å²) < 4.78 is 41.8. The third-order valence-electron chi connectivity index (χ3n) is 4.19. The van der Waals surface area contributed by atoms with Crippen molar-refractivity contribution in [3.8, 4) is 0 Å². The molecule has 0 aliphatic heterocycles. The number of nitrogens with one attached hydrogen (secondary N) is 2. The highest BCUT2D eigenvalue weighted by Gasteiger charge is 2.21. The normalized spacial score (nSPS) is 11.3. The number of hydrogen-bond donors (Lipinski definition) is 2. The molecule has 0 heterocycles. The van der Waals surface area contributed by atoms with E-state index in [9.17, 15) is 17.6 Å². The summed E-state index contributed by atoms with van der Waals surface area (Å²) in [5, 5.41) is 3.20. The predicted octanol–water partition coefficient (Wildman–Crippen LogP) is 5.17. The maximum absolute atomic E-state index is 14.3. The van der Waals surface area contributed by atoms with Crippen molar-refractivity contribution in [2.45, 2.75) is 18.4 Å². The van der Waals surface area contributed by atoms with Crippen LogP contribution in [0.4, 0.5) is 10.1 Å². The Labute approximate surface area is 183 Å². The Kier molecular flexibility index (Phi) is 6.77. The Hall–Kier alpha value is -2.45. The lowest BCUT2D eigenvalue weighted by molar-refractivity contribution is 0.102. The number of carbonyl (C=O) groups excluding carboxylic acids is 1. The molecule has 3 aromatic carbocycles. The van der Waals surface area contributed by atoms with Crippen LogP contribution in [0, 0.1) is 12.7 Å². The first-order valence-electron chi connectivity index (χ1n) is 8.76. The zero-order valence-electron chi connectivity index (χ0n) is 15.7. The number of rotatable bonds is 6. The second kappa shape index (κ2) is 9.14. The van der Waals surface area contributed by atoms with Crippen LogP contribution in [0.15, 0.2) is 65.6 Å². The lowest BCUT2D eigenvalue weighted by Gasteiger charge is -2.11. The molecular formula is C21H17Cl2FN2O3S. The Bertz CT molecular complexity index is 1180. The summed E-state index contributed by atoms with van der Waals surface area (Å²) in [6, 6.07) is 14.8. The van der Waals surface area contributed by atoms with Gasteiger partial charge in [0, 0.05) is 27.8 Å². The number of amides is 1. The minimum atomic E-state index is -4.19. The number of benzene rings is 3. The molecule has 0 aromatic heterocycles. The SMILES string of the molecule is Cc1ccc(CNS(=O)(=O)c2cc(C(=O)Nc3cc(Cl)cc(Cl)c3)ccc2F)cc1. The first-order chi connectivity index (χ1) is 14.1. The van der Waals surface area contributed by atoms with Crippen LogP contribution < -0.4 is 10.0 Å². The molecule has 1 amide bonds. The largest absolute Gasteiger partial charge is 0.322 e. The van der Waals surface area contributed by atoms with Gasteiger partial charge >= 0.3 is 0 Å². The highest BCUT2D eigenvalue weighted by Crippen LogP contribution is 2.24. The van der Waals surface area contributed by atoms with Crippen molar-refractivity contribution in [2.75, 3.05) is 5.32 Å². The zero-order valence-corrected chi connectivity index (χ0v) is 18.1. The van der Waals surface area contributed by atoms with Crippen LogP contribution in [-0.4, -0.2) is 14.3 Å². The third kappa shape index (κ3) is 5.58. The molecule has 2 N–H and O–H groups in total. The summed E-state index contributed by atoms with van der Waals surface area (Å²) in [4.78, 5) is 11.9. The molecule has 0 saturated heterocycles. The van der Waals surface area contributed by atoms with Gasteiger partial charge in [0.15, 0.2) is 0 Å². The van der Waals surface area contributed by atoms with Crippen LogP contribution >= 0.6 is 23.2 Å². The number of carbonyl (C=O) groups is 1. The molecule has 0 aliphatic rings. The van der Waals surface area contributed by atoms with Crippen molar-refractivity contribution in [3.05, 3.63) is 93.2 Å². The molecular weight excluding hydrogens is 450 g/mol. The summed E-state index contributed by atoms with van der Waals surface area (Å²) >= 11 is 11.8. The summed E-state index contributed by atoms with van der Waals surface area (Å²) in [6.45, 7) is 1.90. The summed E-state index contributed by atoms with van der Waals surface area (Å²) in [5.74, 6) is -1.60. The molecule has 3 rings (SSSR count). The van der Waals surface area contributed by atoms with E-state index in [0.29, 0.717) is 15.7 Å². The fourth-order valence-corrected chi connectivity index (χ4v) is 4.29. The topological polar surface area (TPSA) is 75.3 Å². The molecule has 0 unspecified atom stereocenters. The van der Waals surface area contributed by atoms with Gasteiger partial charge in [-0.3, -0.25) is 4.79 Å². The van der Waals surface area contributed by atoms with Crippen LogP contribution in [0.3, 0.4) is 0 Å². The van der Waals surface area contributed by atoms with E-state index in [4.69, 9.17) is 23.2 Å². The molecule has 9 heteroatoms. The molecule has 0 bridgehead atoms. The van der Waals surface area contributed by atoms with Crippen molar-refractivity contribution in [1.29, 1.82) is 0 Å². The van der Waals surface area contributed by atoms with E-state index >= 15 is 0 Å². The van der Waals surface area contributed by atoms with Gasteiger partial charge in [0.2, 0.25) is 10.0 Å². The Morgan fingerprint density at radius 2 is 1.60 bits per heavy atom. The van der Waals surface area contributed by atoms with E-state index in [1.54, 1.807) is 12.1 Å². The highest BCUT2D eigenvalue weighted by molar-refractivity contribution is 7.89. The minimum Gasteiger partial charge on any atom is -0.322 e. The van der Waals surface area contributed by atoms with Gasteiger partial charge in [0.25, 0.3) is 5.91 Å². The van der Waals surface area contributed by atoms with Gasteiger partial charge in [-0.05, 0) is 48.9 Å². The molecule has 156 valence electrons. The molecule has 0 radical (unpaired) electrons. The van der Waals surface area contributed by atoms with E-state index in [1.807, 2.05) is 19.1 Å². The minimum absolute atomic E-state index is 0.0144. The van der Waals surface area contributed by atoms with E-state index in [0.717, 1.165) is 23.3 Å². The van der Waals surface area contributed by atoms with Gasteiger partial charge in [-0.1, -0.05) is 53.0 Å². The van der Waals surface area contributed by atoms with Crippen LogP contribution in [-0.2, 0) is 16.6 Å². The van der Waals surface area contributed by atoms with Gasteiger partial charge in [-0.15, -0.1) is 0 Å². The lowest BCUT2D eigenvalue weighted by Crippen LogP contribution is -2.25. The maximum Gasteiger partial charge on any atom is 0.255 e. The summed E-state index contributed by atoms with van der Waals surface area (Å²) in [5.41, 5.74) is 2.04. The molecule has 5 nitrogen and oxygen atoms in total. The second-order valence-electron chi connectivity index (χ2n) is 6.57. The number of halogens is 3. The second-order valence-corrected chi connectivity index (χ2v) is 9.18. The monoisotopic (exact) mass is 466 g/mol. The lowest BCUT2D eigenvalue weighted by atomic mass is 10.2. The van der Waals surface area contributed by atoms with Crippen LogP contribution in [0.1, 0.15) is 21.5 Å². The van der Waals surface area contributed by atoms with Gasteiger partial charge < -0.3 is 5.32 Å². The van der Waals surface area contributed by atoms with Crippen molar-refractivity contribution < 1.29 is 17.6 Å². The van der Waals surface area contributed by atoms with Gasteiger partial charge in [-0.2, -0.15) is 0 Å². The van der Waals surface area contributed by atoms with Crippen LogP contribution in [0.5, 0.6) is 0 Å². The van der Waals surface area contributed by atoms with Gasteiger partial charge in [0.1, 0.15) is 10.7 Å². The molecule has 30 heavy (non-hydrogen) atoms. The summed E-state index contributed by atoms with van der Waals surface area (Å²) in [7, 11) is -4.19. The molecule has 0 spiro atoms. The van der Waals surface area contributed by atoms with Crippen molar-refractivity contribution in [2.24, 2.45) is 0 Å². The van der Waals surface area contributed by atoms with Crippen molar-refractivity contribution in [3.63, 3.8) is 0 Å². The molecule has 0 aliphatic carbocycles. The molecule has 3 aromatic rings. The number of anilines is 1. The molecule has 0 saturated carbocycles. The van der Waals surface area contributed by atoms with Gasteiger partial charge in [0.05, 0.1) is 0 Å². The quantitative estimate of drug-likeness (QED) is 0.525. The van der Waals surface area contributed by atoms with Crippen LogP contribution in [0.2, 0.25) is 10.0 Å². The van der Waals surface area contributed by atoms with E-state index < -0.39 is 26.6 Å². The molecule has 0 fully saturated rings. The number of sulfonamides is 1. The number of aryl methyl sites for hydroxylation is 1. The van der Waals surface area contributed by atoms with Crippen molar-refractivity contribution >= 4 is 44.8 Å². The van der Waals surface area contributed by atoms with Gasteiger partial charge in [-0.25, -0.2) is 17.5 Å². The Morgan fingerprint density at radius 3 is 2.23 bits per heavy atom. The maximum atomic E-state index is 14.3. The Balaban J connectivity index is 1.81. The first-order valence-corrected chi connectivity index (χ1v) is 11.0. The van der Waals surface area contributed by atoms with E-state index in [-0.39, 0.29) is 12.1 Å². The number of hydrogen-bond acceptors (Lipinski definition) is 3. The van der Waals surface area contributed by atoms with Crippen LogP contribution in [0.25, 0.3) is 0 Å². The predicted molar refractivity (Wildman–Crippen MR) is 116 cm³/mol. The zero-order chi connectivity index (χ0) is 21.9. The summed E-state index contributed by atoms with van der Waals surface area (Å²) in [6.07, 6.45) is 0. The highest BCUT2D eigenvalue weighted by atomic mass is 35.5. The fraction of sp³-hybridized carbons (Fsp3) is 0.0952. The standard InChI is InChI=1S/C21H17Cl2FN2O3S/c1-13-2-4-14(5-3-13)12-25-30(28,29)20-8-15(6-7-19(20)24)21(27)26-18-10-16(22)9-17(23)11-18/h2-11,25H,12H2,1H3,(H,26,27). The fourth-order valence-electron chi connectivity index (χ4n) is 2.64. The average Bonchev–Trinajstić information content (AvgIpc) is 2.67. The smallest absolute Gasteiger partial charge is 0.255 e. The third-order valence-corrected chi connectivity index (χ3v) is 6.04. The van der Waals surface area contributed by atoms with E-state index in [2.05, 4.69) is 10.0 Å². The first kappa shape index (κ1) is 22.2. The van der Waals surface area contributed by atoms with E-state index in [1.165, 1.54) is 24.3 Å².